The molecule has 0 unspecified atom stereocenters. The van der Waals surface area contributed by atoms with E-state index in [9.17, 15) is 0 Å². The van der Waals surface area contributed by atoms with Crippen molar-refractivity contribution in [1.29, 1.82) is 0 Å². The van der Waals surface area contributed by atoms with Gasteiger partial charge in [0.2, 0.25) is 0 Å². The Morgan fingerprint density at radius 1 is 0.810 bits per heavy atom. The van der Waals surface area contributed by atoms with E-state index in [1.54, 1.807) is 0 Å². The van der Waals surface area contributed by atoms with Gasteiger partial charge in [-0.3, -0.25) is 0 Å². The Balaban J connectivity index is 1.58. The molecule has 0 aliphatic rings. The first kappa shape index (κ1) is 16.8. The maximum atomic E-state index is 5.67. The molecule has 0 fully saturated rings. The van der Waals surface area contributed by atoms with E-state index in [0.29, 0.717) is 0 Å². The van der Waals surface area contributed by atoms with Crippen molar-refractivity contribution < 1.29 is 0 Å². The lowest BCUT2D eigenvalue weighted by Gasteiger charge is -2.03. The predicted molar refractivity (Wildman–Crippen MR) is 105 cm³/mol. The zero-order valence-corrected chi connectivity index (χ0v) is 15.0. The van der Waals surface area contributed by atoms with Gasteiger partial charge in [0.25, 0.3) is 0 Å². The molecule has 0 heterocycles. The Kier molecular flexibility index (Phi) is 7.57. The summed E-state index contributed by atoms with van der Waals surface area (Å²) < 4.78 is 0. The molecule has 0 amide bonds. The van der Waals surface area contributed by atoms with Crippen molar-refractivity contribution in [2.45, 2.75) is 11.5 Å². The van der Waals surface area contributed by atoms with Crippen LogP contribution in [0.4, 0.5) is 11.4 Å². The lowest BCUT2D eigenvalue weighted by Crippen LogP contribution is -1.87. The summed E-state index contributed by atoms with van der Waals surface area (Å²) >= 11 is 0. The van der Waals surface area contributed by atoms with Gasteiger partial charge in [0.15, 0.2) is 0 Å². The van der Waals surface area contributed by atoms with Crippen molar-refractivity contribution in [2.24, 2.45) is 0 Å². The van der Waals surface area contributed by atoms with Gasteiger partial charge >= 0.3 is 0 Å². The van der Waals surface area contributed by atoms with Crippen LogP contribution < -0.4 is 11.1 Å². The van der Waals surface area contributed by atoms with Crippen molar-refractivity contribution in [1.82, 2.24) is 0 Å². The van der Waals surface area contributed by atoms with Crippen molar-refractivity contribution in [3.8, 4) is 0 Å². The zero-order chi connectivity index (χ0) is 14.9. The lowest BCUT2D eigenvalue weighted by molar-refractivity contribution is 1.41. The molecule has 3 N–H and O–H groups in total. The van der Waals surface area contributed by atoms with Crippen LogP contribution in [0.15, 0.2) is 48.5 Å². The van der Waals surface area contributed by atoms with Gasteiger partial charge in [-0.25, -0.2) is 0 Å². The van der Waals surface area contributed by atoms with E-state index in [-0.39, 0.29) is 0 Å². The second-order valence-electron chi connectivity index (χ2n) is 4.35. The Labute approximate surface area is 141 Å². The number of nitrogens with two attached hydrogens (primary N) is 1. The first-order valence-corrected chi connectivity index (χ1v) is 11.6. The van der Waals surface area contributed by atoms with Crippen molar-refractivity contribution in [3.05, 3.63) is 59.7 Å². The second kappa shape index (κ2) is 9.46. The largest absolute Gasteiger partial charge is 0.399 e. The number of hydrogen-bond acceptors (Lipinski definition) is 6. The first-order valence-electron chi connectivity index (χ1n) is 6.47. The summed E-state index contributed by atoms with van der Waals surface area (Å²) in [6.45, 7) is 0. The summed E-state index contributed by atoms with van der Waals surface area (Å²) in [6.07, 6.45) is 0. The van der Waals surface area contributed by atoms with E-state index in [1.165, 1.54) is 11.1 Å². The Morgan fingerprint density at radius 3 is 1.76 bits per heavy atom. The van der Waals surface area contributed by atoms with Crippen LogP contribution in [-0.2, 0) is 11.5 Å². The first-order chi connectivity index (χ1) is 10.3. The topological polar surface area (TPSA) is 38.0 Å². The normalized spacial score (nSPS) is 10.5. The minimum absolute atomic E-state index is 0.825. The molecule has 0 aliphatic heterocycles. The number of hydrogen-bond donors (Lipinski definition) is 2. The Hall–Kier alpha value is -0.560. The third-order valence-electron chi connectivity index (χ3n) is 2.80. The smallest absolute Gasteiger partial charge is 0.0337 e. The molecule has 2 nitrogen and oxygen atoms in total. The van der Waals surface area contributed by atoms with E-state index < -0.39 is 0 Å². The molecule has 112 valence electrons. The maximum absolute atomic E-state index is 5.67. The quantitative estimate of drug-likeness (QED) is 0.360. The van der Waals surface area contributed by atoms with Gasteiger partial charge in [0, 0.05) is 29.9 Å². The molecule has 0 spiro atoms. The highest BCUT2D eigenvalue weighted by atomic mass is 33.7. The summed E-state index contributed by atoms with van der Waals surface area (Å²) in [5, 5.41) is 3.13. The Bertz CT molecular complexity index is 528. The molecular weight excluding hydrogens is 336 g/mol. The standard InChI is InChI=1S/C15H18N2S4/c1-17-15-8-4-13(5-9-15)11-19-21-20-18-10-12-2-6-14(16)7-3-12/h2-9,17H,10-11,16H2,1H3. The zero-order valence-electron chi connectivity index (χ0n) is 11.7. The number of nitrogen functional groups attached to an aromatic ring is 1. The molecule has 0 saturated carbocycles. The van der Waals surface area contributed by atoms with Gasteiger partial charge < -0.3 is 11.1 Å². The SMILES string of the molecule is CNc1ccc(CSSSSCc2ccc(N)cc2)cc1. The second-order valence-corrected chi connectivity index (χ2v) is 10.4. The molecular formula is C15H18N2S4. The van der Waals surface area contributed by atoms with Crippen LogP contribution in [0.1, 0.15) is 11.1 Å². The highest BCUT2D eigenvalue weighted by Gasteiger charge is 1.98. The molecule has 2 aromatic rings. The fourth-order valence-corrected chi connectivity index (χ4v) is 7.47. The van der Waals surface area contributed by atoms with Crippen LogP contribution in [-0.4, -0.2) is 7.05 Å². The average Bonchev–Trinajstić information content (AvgIpc) is 2.53. The summed E-state index contributed by atoms with van der Waals surface area (Å²) in [4.78, 5) is 0. The molecule has 0 saturated heterocycles. The molecule has 2 rings (SSSR count). The highest BCUT2D eigenvalue weighted by molar-refractivity contribution is 9.25. The van der Waals surface area contributed by atoms with Crippen molar-refractivity contribution >= 4 is 52.6 Å². The minimum atomic E-state index is 0.825. The van der Waals surface area contributed by atoms with Crippen LogP contribution in [0.25, 0.3) is 0 Å². The maximum Gasteiger partial charge on any atom is 0.0337 e. The molecule has 0 atom stereocenters. The van der Waals surface area contributed by atoms with Crippen molar-refractivity contribution in [3.63, 3.8) is 0 Å². The molecule has 0 bridgehead atoms. The van der Waals surface area contributed by atoms with Crippen LogP contribution in [0.2, 0.25) is 0 Å². The van der Waals surface area contributed by atoms with Crippen LogP contribution >= 0.6 is 41.2 Å². The van der Waals surface area contributed by atoms with E-state index in [0.717, 1.165) is 22.9 Å². The predicted octanol–water partition coefficient (Wildman–Crippen LogP) is 5.69. The van der Waals surface area contributed by atoms with Crippen molar-refractivity contribution in [2.75, 3.05) is 18.1 Å². The van der Waals surface area contributed by atoms with Gasteiger partial charge in [-0.15, -0.1) is 0 Å². The Morgan fingerprint density at radius 2 is 1.29 bits per heavy atom. The van der Waals surface area contributed by atoms with Crippen LogP contribution in [0.5, 0.6) is 0 Å². The van der Waals surface area contributed by atoms with Gasteiger partial charge in [-0.2, -0.15) is 0 Å². The van der Waals surface area contributed by atoms with Crippen LogP contribution in [0.3, 0.4) is 0 Å². The third-order valence-corrected chi connectivity index (χ3v) is 9.13. The third kappa shape index (κ3) is 6.38. The fraction of sp³-hybridized carbons (Fsp3) is 0.200. The molecule has 6 heteroatoms. The molecule has 0 radical (unpaired) electrons. The molecule has 0 aliphatic carbocycles. The highest BCUT2D eigenvalue weighted by Crippen LogP contribution is 2.45. The molecule has 2 aromatic carbocycles. The van der Waals surface area contributed by atoms with Crippen LogP contribution in [0, 0.1) is 0 Å². The fourth-order valence-electron chi connectivity index (χ4n) is 1.60. The number of anilines is 2. The minimum Gasteiger partial charge on any atom is -0.399 e. The van der Waals surface area contributed by atoms with E-state index in [2.05, 4.69) is 41.7 Å². The number of nitrogens with one attached hydrogen (secondary N) is 1. The summed E-state index contributed by atoms with van der Waals surface area (Å²) in [5.74, 6) is 2.04. The summed E-state index contributed by atoms with van der Waals surface area (Å²) in [6, 6.07) is 16.7. The van der Waals surface area contributed by atoms with Gasteiger partial charge in [0.1, 0.15) is 0 Å². The van der Waals surface area contributed by atoms with Gasteiger partial charge in [-0.1, -0.05) is 45.9 Å². The van der Waals surface area contributed by atoms with E-state index in [4.69, 9.17) is 5.73 Å². The van der Waals surface area contributed by atoms with E-state index in [1.807, 2.05) is 60.4 Å². The average molecular weight is 355 g/mol. The lowest BCUT2D eigenvalue weighted by atomic mass is 10.2. The number of benzene rings is 2. The monoisotopic (exact) mass is 354 g/mol. The number of rotatable bonds is 8. The van der Waals surface area contributed by atoms with Gasteiger partial charge in [0.05, 0.1) is 0 Å². The summed E-state index contributed by atoms with van der Waals surface area (Å²) in [5.41, 5.74) is 10.3. The molecule has 21 heavy (non-hydrogen) atoms. The van der Waals surface area contributed by atoms with Gasteiger partial charge in [-0.05, 0) is 55.0 Å². The summed E-state index contributed by atoms with van der Waals surface area (Å²) in [7, 11) is 9.34. The molecule has 0 aromatic heterocycles. The van der Waals surface area contributed by atoms with E-state index >= 15 is 0 Å².